The standard InChI is InChI=1S/C13H14O3/c14-13(12-8-4-5-9-15-12)16-10-11-6-2-1-3-7-11/h1-3,5-7,9,12H,4,8,10H2. The molecule has 0 fully saturated rings. The molecular formula is C13H14O3. The summed E-state index contributed by atoms with van der Waals surface area (Å²) in [4.78, 5) is 11.6. The Morgan fingerprint density at radius 2 is 2.19 bits per heavy atom. The van der Waals surface area contributed by atoms with Crippen molar-refractivity contribution >= 4 is 5.97 Å². The Morgan fingerprint density at radius 3 is 2.88 bits per heavy atom. The van der Waals surface area contributed by atoms with E-state index in [9.17, 15) is 4.79 Å². The highest BCUT2D eigenvalue weighted by Gasteiger charge is 2.21. The first-order chi connectivity index (χ1) is 7.86. The molecule has 1 aromatic rings. The first-order valence-corrected chi connectivity index (χ1v) is 5.37. The molecule has 3 heteroatoms. The molecule has 2 rings (SSSR count). The molecule has 0 radical (unpaired) electrons. The van der Waals surface area contributed by atoms with E-state index in [4.69, 9.17) is 9.47 Å². The molecule has 0 saturated heterocycles. The maximum atomic E-state index is 11.6. The molecule has 16 heavy (non-hydrogen) atoms. The molecule has 0 aromatic heterocycles. The second-order valence-electron chi connectivity index (χ2n) is 3.67. The van der Waals surface area contributed by atoms with Gasteiger partial charge in [-0.2, -0.15) is 0 Å². The summed E-state index contributed by atoms with van der Waals surface area (Å²) in [6.45, 7) is 0.309. The lowest BCUT2D eigenvalue weighted by atomic mass is 10.1. The van der Waals surface area contributed by atoms with Gasteiger partial charge in [0.1, 0.15) is 6.61 Å². The van der Waals surface area contributed by atoms with Gasteiger partial charge in [0.25, 0.3) is 0 Å². The summed E-state index contributed by atoms with van der Waals surface area (Å²) in [5, 5.41) is 0. The fourth-order valence-electron chi connectivity index (χ4n) is 1.53. The van der Waals surface area contributed by atoms with Crippen LogP contribution in [0.4, 0.5) is 0 Å². The number of benzene rings is 1. The second-order valence-corrected chi connectivity index (χ2v) is 3.67. The topological polar surface area (TPSA) is 35.5 Å². The maximum absolute atomic E-state index is 11.6. The van der Waals surface area contributed by atoms with Crippen LogP contribution >= 0.6 is 0 Å². The van der Waals surface area contributed by atoms with E-state index in [2.05, 4.69) is 0 Å². The Hall–Kier alpha value is -1.77. The molecule has 1 aliphatic heterocycles. The van der Waals surface area contributed by atoms with E-state index in [1.54, 1.807) is 6.26 Å². The molecule has 1 atom stereocenters. The van der Waals surface area contributed by atoms with E-state index in [0.717, 1.165) is 12.0 Å². The SMILES string of the molecule is O=C(OCc1ccccc1)C1CCC=CO1. The van der Waals surface area contributed by atoms with E-state index < -0.39 is 6.10 Å². The maximum Gasteiger partial charge on any atom is 0.347 e. The fraction of sp³-hybridized carbons (Fsp3) is 0.308. The van der Waals surface area contributed by atoms with Crippen LogP contribution < -0.4 is 0 Å². The summed E-state index contributed by atoms with van der Waals surface area (Å²) in [7, 11) is 0. The summed E-state index contributed by atoms with van der Waals surface area (Å²) in [5.41, 5.74) is 0.988. The van der Waals surface area contributed by atoms with Gasteiger partial charge in [-0.15, -0.1) is 0 Å². The number of carbonyl (C=O) groups excluding carboxylic acids is 1. The number of carbonyl (C=O) groups is 1. The summed E-state index contributed by atoms with van der Waals surface area (Å²) in [6.07, 6.45) is 4.60. The summed E-state index contributed by atoms with van der Waals surface area (Å²) < 4.78 is 10.3. The van der Waals surface area contributed by atoms with E-state index in [0.29, 0.717) is 13.0 Å². The van der Waals surface area contributed by atoms with Crippen molar-refractivity contribution in [3.63, 3.8) is 0 Å². The lowest BCUT2D eigenvalue weighted by molar-refractivity contribution is -0.156. The van der Waals surface area contributed by atoms with Crippen LogP contribution in [0.1, 0.15) is 18.4 Å². The average molecular weight is 218 g/mol. The third-order valence-corrected chi connectivity index (χ3v) is 2.42. The third-order valence-electron chi connectivity index (χ3n) is 2.42. The van der Waals surface area contributed by atoms with E-state index in [-0.39, 0.29) is 5.97 Å². The van der Waals surface area contributed by atoms with Crippen molar-refractivity contribution in [3.8, 4) is 0 Å². The van der Waals surface area contributed by atoms with Crippen LogP contribution in [0.2, 0.25) is 0 Å². The number of rotatable bonds is 3. The molecule has 3 nitrogen and oxygen atoms in total. The lowest BCUT2D eigenvalue weighted by Gasteiger charge is -2.17. The van der Waals surface area contributed by atoms with Crippen LogP contribution in [0.15, 0.2) is 42.7 Å². The minimum absolute atomic E-state index is 0.284. The number of esters is 1. The van der Waals surface area contributed by atoms with Gasteiger partial charge in [-0.1, -0.05) is 30.3 Å². The molecule has 0 bridgehead atoms. The minimum atomic E-state index is -0.436. The third kappa shape index (κ3) is 2.86. The average Bonchev–Trinajstić information content (AvgIpc) is 2.38. The van der Waals surface area contributed by atoms with Crippen molar-refractivity contribution < 1.29 is 14.3 Å². The Balaban J connectivity index is 1.82. The van der Waals surface area contributed by atoms with Crippen molar-refractivity contribution in [2.75, 3.05) is 0 Å². The first-order valence-electron chi connectivity index (χ1n) is 5.37. The van der Waals surface area contributed by atoms with Crippen molar-refractivity contribution in [2.24, 2.45) is 0 Å². The van der Waals surface area contributed by atoms with E-state index in [1.807, 2.05) is 36.4 Å². The van der Waals surface area contributed by atoms with Crippen LogP contribution in [0.5, 0.6) is 0 Å². The van der Waals surface area contributed by atoms with Crippen LogP contribution in [0, 0.1) is 0 Å². The van der Waals surface area contributed by atoms with Gasteiger partial charge in [0, 0.05) is 0 Å². The van der Waals surface area contributed by atoms with Crippen LogP contribution in [0.3, 0.4) is 0 Å². The van der Waals surface area contributed by atoms with Crippen molar-refractivity contribution in [3.05, 3.63) is 48.2 Å². The van der Waals surface area contributed by atoms with Gasteiger partial charge in [-0.25, -0.2) is 4.79 Å². The zero-order chi connectivity index (χ0) is 11.2. The molecular weight excluding hydrogens is 204 g/mol. The van der Waals surface area contributed by atoms with E-state index >= 15 is 0 Å². The zero-order valence-corrected chi connectivity index (χ0v) is 8.96. The van der Waals surface area contributed by atoms with Crippen LogP contribution in [-0.2, 0) is 20.9 Å². The molecule has 0 saturated carbocycles. The largest absolute Gasteiger partial charge is 0.487 e. The molecule has 0 N–H and O–H groups in total. The smallest absolute Gasteiger partial charge is 0.347 e. The Bertz CT molecular complexity index is 370. The Morgan fingerprint density at radius 1 is 1.38 bits per heavy atom. The van der Waals surface area contributed by atoms with E-state index in [1.165, 1.54) is 0 Å². The number of hydrogen-bond acceptors (Lipinski definition) is 3. The molecule has 1 heterocycles. The lowest BCUT2D eigenvalue weighted by Crippen LogP contribution is -2.26. The predicted molar refractivity (Wildman–Crippen MR) is 59.5 cm³/mol. The zero-order valence-electron chi connectivity index (χ0n) is 8.96. The highest BCUT2D eigenvalue weighted by molar-refractivity contribution is 5.74. The Kier molecular flexibility index (Phi) is 3.59. The van der Waals surface area contributed by atoms with Gasteiger partial charge in [0.05, 0.1) is 6.26 Å². The highest BCUT2D eigenvalue weighted by atomic mass is 16.6. The highest BCUT2D eigenvalue weighted by Crippen LogP contribution is 2.12. The first kappa shape index (κ1) is 10.7. The fourth-order valence-corrected chi connectivity index (χ4v) is 1.53. The van der Waals surface area contributed by atoms with Crippen LogP contribution in [0.25, 0.3) is 0 Å². The molecule has 84 valence electrons. The molecule has 1 aliphatic rings. The summed E-state index contributed by atoms with van der Waals surface area (Å²) >= 11 is 0. The second kappa shape index (κ2) is 5.35. The molecule has 0 amide bonds. The molecule has 0 aliphatic carbocycles. The summed E-state index contributed by atoms with van der Waals surface area (Å²) in [6, 6.07) is 9.62. The van der Waals surface area contributed by atoms with Gasteiger partial charge in [-0.05, 0) is 24.5 Å². The van der Waals surface area contributed by atoms with Crippen LogP contribution in [-0.4, -0.2) is 12.1 Å². The minimum Gasteiger partial charge on any atom is -0.487 e. The molecule has 1 aromatic carbocycles. The number of ether oxygens (including phenoxy) is 2. The Labute approximate surface area is 94.7 Å². The van der Waals surface area contributed by atoms with Gasteiger partial charge in [-0.3, -0.25) is 0 Å². The summed E-state index contributed by atoms with van der Waals surface area (Å²) in [5.74, 6) is -0.284. The molecule has 1 unspecified atom stereocenters. The molecule has 0 spiro atoms. The number of allylic oxidation sites excluding steroid dienone is 1. The quantitative estimate of drug-likeness (QED) is 0.731. The van der Waals surface area contributed by atoms with Crippen molar-refractivity contribution in [1.82, 2.24) is 0 Å². The van der Waals surface area contributed by atoms with Crippen molar-refractivity contribution in [1.29, 1.82) is 0 Å². The van der Waals surface area contributed by atoms with Crippen molar-refractivity contribution in [2.45, 2.75) is 25.6 Å². The van der Waals surface area contributed by atoms with Gasteiger partial charge in [0.15, 0.2) is 6.10 Å². The number of hydrogen-bond donors (Lipinski definition) is 0. The normalized spacial score (nSPS) is 18.9. The van der Waals surface area contributed by atoms with Gasteiger partial charge >= 0.3 is 5.97 Å². The van der Waals surface area contributed by atoms with Gasteiger partial charge < -0.3 is 9.47 Å². The predicted octanol–water partition coefficient (Wildman–Crippen LogP) is 2.42. The van der Waals surface area contributed by atoms with Gasteiger partial charge in [0.2, 0.25) is 0 Å². The monoisotopic (exact) mass is 218 g/mol.